The number of para-hydroxylation sites is 1. The second-order valence-corrected chi connectivity index (χ2v) is 12.6. The Balaban J connectivity index is 1.16. The number of ether oxygens (including phenoxy) is 3. The van der Waals surface area contributed by atoms with Gasteiger partial charge < -0.3 is 24.2 Å². The molecule has 3 aliphatic heterocycles. The highest BCUT2D eigenvalue weighted by Gasteiger charge is 2.35. The number of thiazole rings is 1. The molecule has 0 amide bonds. The lowest BCUT2D eigenvalue weighted by molar-refractivity contribution is -0.147. The Hall–Kier alpha value is -3.05. The van der Waals surface area contributed by atoms with E-state index in [1.54, 1.807) is 7.11 Å². The molecule has 10 heteroatoms. The Kier molecular flexibility index (Phi) is 9.28. The average molecular weight is 610 g/mol. The van der Waals surface area contributed by atoms with E-state index >= 15 is 4.39 Å². The lowest BCUT2D eigenvalue weighted by atomic mass is 9.94. The van der Waals surface area contributed by atoms with Gasteiger partial charge in [-0.3, -0.25) is 9.69 Å². The molecule has 0 radical (unpaired) electrons. The molecular formula is C33H40FN3O5S. The van der Waals surface area contributed by atoms with Crippen molar-refractivity contribution >= 4 is 22.4 Å². The van der Waals surface area contributed by atoms with Crippen LogP contribution in [0, 0.1) is 18.7 Å². The van der Waals surface area contributed by atoms with E-state index in [-0.39, 0.29) is 12.4 Å². The Labute approximate surface area is 256 Å². The summed E-state index contributed by atoms with van der Waals surface area (Å²) in [5.74, 6) is -0.791. The molecule has 2 aromatic carbocycles. The van der Waals surface area contributed by atoms with Gasteiger partial charge in [-0.1, -0.05) is 24.3 Å². The first-order chi connectivity index (χ1) is 20.9. The number of carboxylic acids is 1. The van der Waals surface area contributed by atoms with Crippen molar-refractivity contribution in [1.82, 2.24) is 9.88 Å². The first kappa shape index (κ1) is 30.0. The summed E-state index contributed by atoms with van der Waals surface area (Å²) in [4.78, 5) is 21.1. The predicted octanol–water partition coefficient (Wildman–Crippen LogP) is 5.34. The normalized spacial score (nSPS) is 21.8. The molecule has 2 saturated heterocycles. The second kappa shape index (κ2) is 13.3. The number of halogens is 1. The van der Waals surface area contributed by atoms with Gasteiger partial charge in [-0.05, 0) is 61.8 Å². The fraction of sp³-hybridized carbons (Fsp3) is 0.515. The largest absolute Gasteiger partial charge is 0.488 e. The van der Waals surface area contributed by atoms with Gasteiger partial charge in [0, 0.05) is 69.1 Å². The van der Waals surface area contributed by atoms with Crippen molar-refractivity contribution in [1.29, 1.82) is 0 Å². The first-order valence-electron chi connectivity index (χ1n) is 15.2. The van der Waals surface area contributed by atoms with E-state index in [4.69, 9.17) is 19.2 Å². The van der Waals surface area contributed by atoms with Crippen molar-refractivity contribution < 1.29 is 28.5 Å². The number of benzene rings is 2. The van der Waals surface area contributed by atoms with E-state index < -0.39 is 18.0 Å². The van der Waals surface area contributed by atoms with E-state index in [2.05, 4.69) is 15.9 Å². The maximum atomic E-state index is 15.9. The maximum Gasteiger partial charge on any atom is 0.309 e. The summed E-state index contributed by atoms with van der Waals surface area (Å²) < 4.78 is 33.3. The maximum absolute atomic E-state index is 15.9. The van der Waals surface area contributed by atoms with Gasteiger partial charge >= 0.3 is 5.97 Å². The van der Waals surface area contributed by atoms with Gasteiger partial charge in [0.25, 0.3) is 0 Å². The second-order valence-electron chi connectivity index (χ2n) is 11.8. The molecule has 3 aromatic rings. The predicted molar refractivity (Wildman–Crippen MR) is 165 cm³/mol. The summed E-state index contributed by atoms with van der Waals surface area (Å²) >= 11 is 1.52. The molecule has 1 aromatic heterocycles. The molecule has 0 saturated carbocycles. The molecule has 0 unspecified atom stereocenters. The molecule has 43 heavy (non-hydrogen) atoms. The van der Waals surface area contributed by atoms with Gasteiger partial charge in [-0.25, -0.2) is 9.37 Å². The number of nitrogens with zero attached hydrogens (tertiary/aromatic N) is 3. The van der Waals surface area contributed by atoms with Crippen LogP contribution in [0.15, 0.2) is 35.7 Å². The zero-order valence-electron chi connectivity index (χ0n) is 24.9. The van der Waals surface area contributed by atoms with E-state index in [1.165, 1.54) is 11.3 Å². The topological polar surface area (TPSA) is 84.4 Å². The standard InChI is InChI=1S/C33H40FN3O5S/c1-21-4-3-5-26(28-20-43-33(35-28)37-15-10-27(32(38)39)29(18-37)40-2)31(21)42-19-23-7-6-22-8-13-36(14-9-25(22)30(23)34)24-11-16-41-17-12-24/h3-7,20,24,27,29H,8-19H2,1-2H3,(H,38,39)/t27-,29+/m0/s1. The number of rotatable bonds is 8. The van der Waals surface area contributed by atoms with Crippen LogP contribution in [0.5, 0.6) is 5.75 Å². The van der Waals surface area contributed by atoms with Gasteiger partial charge in [-0.15, -0.1) is 11.3 Å². The van der Waals surface area contributed by atoms with Gasteiger partial charge in [0.15, 0.2) is 5.13 Å². The number of methoxy groups -OCH3 is 1. The van der Waals surface area contributed by atoms with E-state index in [1.807, 2.05) is 36.6 Å². The fourth-order valence-corrected chi connectivity index (χ4v) is 7.58. The molecule has 0 bridgehead atoms. The molecule has 4 heterocycles. The number of carboxylic acid groups (broad SMARTS) is 1. The summed E-state index contributed by atoms with van der Waals surface area (Å²) in [5, 5.41) is 12.3. The Morgan fingerprint density at radius 3 is 2.74 bits per heavy atom. The number of piperidine rings is 1. The summed E-state index contributed by atoms with van der Waals surface area (Å²) in [6.45, 7) is 6.65. The molecule has 6 rings (SSSR count). The van der Waals surface area contributed by atoms with Crippen LogP contribution in [0.3, 0.4) is 0 Å². The molecule has 2 fully saturated rings. The van der Waals surface area contributed by atoms with Crippen molar-refractivity contribution in [2.75, 3.05) is 51.4 Å². The monoisotopic (exact) mass is 609 g/mol. The molecular weight excluding hydrogens is 569 g/mol. The van der Waals surface area contributed by atoms with Crippen LogP contribution < -0.4 is 9.64 Å². The van der Waals surface area contributed by atoms with E-state index in [0.29, 0.717) is 43.3 Å². The molecule has 0 spiro atoms. The van der Waals surface area contributed by atoms with Crippen molar-refractivity contribution in [2.45, 2.75) is 57.8 Å². The van der Waals surface area contributed by atoms with Crippen molar-refractivity contribution in [3.63, 3.8) is 0 Å². The van der Waals surface area contributed by atoms with Gasteiger partial charge in [0.1, 0.15) is 18.2 Å². The fourth-order valence-electron chi connectivity index (χ4n) is 6.71. The minimum atomic E-state index is -0.823. The zero-order valence-corrected chi connectivity index (χ0v) is 25.7. The summed E-state index contributed by atoms with van der Waals surface area (Å²) in [6.07, 6.45) is 3.77. The third-order valence-corrected chi connectivity index (χ3v) is 10.1. The van der Waals surface area contributed by atoms with Crippen molar-refractivity contribution in [2.24, 2.45) is 5.92 Å². The minimum Gasteiger partial charge on any atom is -0.488 e. The molecule has 1 N–H and O–H groups in total. The highest BCUT2D eigenvalue weighted by molar-refractivity contribution is 7.14. The lowest BCUT2D eigenvalue weighted by Gasteiger charge is -2.35. The molecule has 2 atom stereocenters. The van der Waals surface area contributed by atoms with Crippen LogP contribution >= 0.6 is 11.3 Å². The highest BCUT2D eigenvalue weighted by Crippen LogP contribution is 2.37. The average Bonchev–Trinajstić information content (AvgIpc) is 3.41. The van der Waals surface area contributed by atoms with E-state index in [0.717, 1.165) is 78.6 Å². The van der Waals surface area contributed by atoms with Crippen LogP contribution in [-0.4, -0.2) is 79.6 Å². The van der Waals surface area contributed by atoms with Crippen LogP contribution in [-0.2, 0) is 33.7 Å². The number of aryl methyl sites for hydroxylation is 1. The number of hydrogen-bond acceptors (Lipinski definition) is 8. The first-order valence-corrected chi connectivity index (χ1v) is 16.1. The van der Waals surface area contributed by atoms with E-state index in [9.17, 15) is 9.90 Å². The molecule has 8 nitrogen and oxygen atoms in total. The lowest BCUT2D eigenvalue weighted by Crippen LogP contribution is -2.47. The summed E-state index contributed by atoms with van der Waals surface area (Å²) in [5.41, 5.74) is 5.09. The Morgan fingerprint density at radius 1 is 1.14 bits per heavy atom. The number of hydrogen-bond donors (Lipinski definition) is 1. The van der Waals surface area contributed by atoms with Crippen molar-refractivity contribution in [3.05, 3.63) is 63.8 Å². The number of carbonyl (C=O) groups is 1. The molecule has 230 valence electrons. The Bertz CT molecular complexity index is 1440. The van der Waals surface area contributed by atoms with Gasteiger partial charge in [0.2, 0.25) is 0 Å². The third-order valence-electron chi connectivity index (χ3n) is 9.25. The number of anilines is 1. The van der Waals surface area contributed by atoms with Crippen LogP contribution in [0.1, 0.15) is 41.5 Å². The van der Waals surface area contributed by atoms with Gasteiger partial charge in [-0.2, -0.15) is 0 Å². The van der Waals surface area contributed by atoms with Crippen molar-refractivity contribution in [3.8, 4) is 17.0 Å². The SMILES string of the molecule is CO[C@@H]1CN(c2nc(-c3cccc(C)c3OCc3ccc4c(c3F)CCN(C3CCOCC3)CC4)cs2)CC[C@@H]1C(=O)O. The Morgan fingerprint density at radius 2 is 1.95 bits per heavy atom. The quantitative estimate of drug-likeness (QED) is 0.367. The zero-order chi connectivity index (χ0) is 29.9. The summed E-state index contributed by atoms with van der Waals surface area (Å²) in [6, 6.07) is 10.4. The highest BCUT2D eigenvalue weighted by atomic mass is 32.1. The summed E-state index contributed by atoms with van der Waals surface area (Å²) in [7, 11) is 1.56. The number of aromatic nitrogens is 1. The van der Waals surface area contributed by atoms with Crippen LogP contribution in [0.2, 0.25) is 0 Å². The smallest absolute Gasteiger partial charge is 0.309 e. The van der Waals surface area contributed by atoms with Gasteiger partial charge in [0.05, 0.1) is 17.7 Å². The van der Waals surface area contributed by atoms with Crippen LogP contribution in [0.4, 0.5) is 9.52 Å². The number of fused-ring (bicyclic) bond motifs is 1. The van der Waals surface area contributed by atoms with Crippen LogP contribution in [0.25, 0.3) is 11.3 Å². The number of aliphatic carboxylic acids is 1. The molecule has 3 aliphatic rings. The molecule has 0 aliphatic carbocycles. The third kappa shape index (κ3) is 6.43. The minimum absolute atomic E-state index is 0.135.